The van der Waals surface area contributed by atoms with Gasteiger partial charge in [-0.2, -0.15) is 0 Å². The number of rotatable bonds is 10. The van der Waals surface area contributed by atoms with E-state index in [-0.39, 0.29) is 17.8 Å². The molecule has 0 bridgehead atoms. The minimum absolute atomic E-state index is 0.135. The van der Waals surface area contributed by atoms with Crippen LogP contribution in [0.15, 0.2) is 48.5 Å². The van der Waals surface area contributed by atoms with Gasteiger partial charge in [0.2, 0.25) is 5.91 Å². The maximum atomic E-state index is 13.5. The number of fused-ring (bicyclic) bond motifs is 1. The maximum Gasteiger partial charge on any atom is 0.305 e. The summed E-state index contributed by atoms with van der Waals surface area (Å²) in [5.74, 6) is -0.100. The van der Waals surface area contributed by atoms with E-state index in [0.29, 0.717) is 26.1 Å². The van der Waals surface area contributed by atoms with E-state index in [1.165, 1.54) is 11.1 Å². The summed E-state index contributed by atoms with van der Waals surface area (Å²) >= 11 is 0. The molecule has 166 valence electrons. The van der Waals surface area contributed by atoms with Gasteiger partial charge in [-0.1, -0.05) is 49.2 Å². The van der Waals surface area contributed by atoms with Crippen LogP contribution in [0.3, 0.4) is 0 Å². The quantitative estimate of drug-likeness (QED) is 0.404. The van der Waals surface area contributed by atoms with Gasteiger partial charge in [0.1, 0.15) is 0 Å². The Morgan fingerprint density at radius 2 is 1.61 bits per heavy atom. The SMILES string of the molecule is CCOC(=O)CCCCC[C@H](C(=O)N1Cc2ccccc2C1)c1ccc(N(C)C)cc1. The van der Waals surface area contributed by atoms with Gasteiger partial charge in [0.05, 0.1) is 12.5 Å². The van der Waals surface area contributed by atoms with Gasteiger partial charge < -0.3 is 14.5 Å². The Labute approximate surface area is 186 Å². The molecule has 0 radical (unpaired) electrons. The van der Waals surface area contributed by atoms with Crippen LogP contribution in [0.5, 0.6) is 0 Å². The Balaban J connectivity index is 1.66. The van der Waals surface area contributed by atoms with Crippen molar-refractivity contribution < 1.29 is 14.3 Å². The summed E-state index contributed by atoms with van der Waals surface area (Å²) in [5, 5.41) is 0. The minimum Gasteiger partial charge on any atom is -0.466 e. The number of anilines is 1. The number of carbonyl (C=O) groups is 2. The van der Waals surface area contributed by atoms with E-state index in [1.807, 2.05) is 38.1 Å². The van der Waals surface area contributed by atoms with E-state index in [2.05, 4.69) is 41.3 Å². The molecule has 0 aromatic heterocycles. The van der Waals surface area contributed by atoms with Crippen molar-refractivity contribution in [2.45, 2.75) is 58.0 Å². The average Bonchev–Trinajstić information content (AvgIpc) is 3.20. The third-order valence-corrected chi connectivity index (χ3v) is 5.94. The predicted molar refractivity (Wildman–Crippen MR) is 124 cm³/mol. The van der Waals surface area contributed by atoms with Gasteiger partial charge in [0.15, 0.2) is 0 Å². The van der Waals surface area contributed by atoms with Gasteiger partial charge in [-0.05, 0) is 48.6 Å². The lowest BCUT2D eigenvalue weighted by Gasteiger charge is -2.24. The van der Waals surface area contributed by atoms with Crippen LogP contribution in [-0.2, 0) is 27.4 Å². The van der Waals surface area contributed by atoms with Gasteiger partial charge in [0.25, 0.3) is 0 Å². The van der Waals surface area contributed by atoms with E-state index in [1.54, 1.807) is 0 Å². The second-order valence-corrected chi connectivity index (χ2v) is 8.41. The molecule has 5 nitrogen and oxygen atoms in total. The topological polar surface area (TPSA) is 49.9 Å². The van der Waals surface area contributed by atoms with Crippen LogP contribution in [0.25, 0.3) is 0 Å². The number of esters is 1. The summed E-state index contributed by atoms with van der Waals surface area (Å²) in [5.41, 5.74) is 4.67. The Bertz CT molecular complexity index is 851. The molecule has 1 aliphatic rings. The predicted octanol–water partition coefficient (Wildman–Crippen LogP) is 4.89. The summed E-state index contributed by atoms with van der Waals surface area (Å²) in [6.07, 6.45) is 3.86. The monoisotopic (exact) mass is 422 g/mol. The minimum atomic E-state index is -0.159. The fourth-order valence-corrected chi connectivity index (χ4v) is 4.17. The summed E-state index contributed by atoms with van der Waals surface area (Å²) in [6.45, 7) is 3.62. The first-order valence-corrected chi connectivity index (χ1v) is 11.3. The van der Waals surface area contributed by atoms with E-state index in [4.69, 9.17) is 4.74 Å². The fraction of sp³-hybridized carbons (Fsp3) is 0.462. The molecular weight excluding hydrogens is 388 g/mol. The Morgan fingerprint density at radius 1 is 0.968 bits per heavy atom. The van der Waals surface area contributed by atoms with Gasteiger partial charge in [-0.15, -0.1) is 0 Å². The number of amides is 1. The standard InChI is InChI=1S/C26H34N2O3/c1-4-31-25(29)13-7-5-6-12-24(20-14-16-23(17-15-20)27(2)3)26(30)28-18-21-10-8-9-11-22(21)19-28/h8-11,14-17,24H,4-7,12-13,18-19H2,1-3H3/t24-/m0/s1. The van der Waals surface area contributed by atoms with Crippen molar-refractivity contribution in [3.05, 3.63) is 65.2 Å². The maximum absolute atomic E-state index is 13.5. The lowest BCUT2D eigenvalue weighted by Crippen LogP contribution is -2.31. The molecule has 31 heavy (non-hydrogen) atoms. The highest BCUT2D eigenvalue weighted by Crippen LogP contribution is 2.31. The van der Waals surface area contributed by atoms with Crippen LogP contribution in [0.4, 0.5) is 5.69 Å². The highest BCUT2D eigenvalue weighted by Gasteiger charge is 2.29. The second-order valence-electron chi connectivity index (χ2n) is 8.41. The Kier molecular flexibility index (Phi) is 8.10. The molecule has 0 fully saturated rings. The number of unbranched alkanes of at least 4 members (excludes halogenated alkanes) is 2. The van der Waals surface area contributed by atoms with Gasteiger partial charge >= 0.3 is 5.97 Å². The second kappa shape index (κ2) is 11.0. The number of benzene rings is 2. The fourth-order valence-electron chi connectivity index (χ4n) is 4.17. The summed E-state index contributed by atoms with van der Waals surface area (Å²) in [7, 11) is 4.03. The molecule has 0 saturated carbocycles. The van der Waals surface area contributed by atoms with E-state index < -0.39 is 0 Å². The van der Waals surface area contributed by atoms with Crippen molar-refractivity contribution >= 4 is 17.6 Å². The molecule has 2 aromatic rings. The van der Waals surface area contributed by atoms with Gasteiger partial charge in [-0.25, -0.2) is 0 Å². The van der Waals surface area contributed by atoms with Gasteiger partial charge in [0, 0.05) is 39.3 Å². The third-order valence-electron chi connectivity index (χ3n) is 5.94. The van der Waals surface area contributed by atoms with E-state index in [9.17, 15) is 9.59 Å². The third kappa shape index (κ3) is 6.09. The Morgan fingerprint density at radius 3 is 2.19 bits per heavy atom. The van der Waals surface area contributed by atoms with Crippen LogP contribution in [0, 0.1) is 0 Å². The molecule has 0 unspecified atom stereocenters. The number of carbonyl (C=O) groups excluding carboxylic acids is 2. The molecule has 5 heteroatoms. The molecule has 0 saturated heterocycles. The van der Waals surface area contributed by atoms with Crippen LogP contribution < -0.4 is 4.90 Å². The summed E-state index contributed by atoms with van der Waals surface area (Å²) in [6, 6.07) is 16.6. The average molecular weight is 423 g/mol. The van der Waals surface area contributed by atoms with Crippen molar-refractivity contribution in [2.75, 3.05) is 25.6 Å². The highest BCUT2D eigenvalue weighted by molar-refractivity contribution is 5.84. The molecule has 0 spiro atoms. The first-order valence-electron chi connectivity index (χ1n) is 11.3. The zero-order valence-corrected chi connectivity index (χ0v) is 19.0. The van der Waals surface area contributed by atoms with Crippen LogP contribution in [0.1, 0.15) is 61.6 Å². The lowest BCUT2D eigenvalue weighted by atomic mass is 9.91. The lowest BCUT2D eigenvalue weighted by molar-refractivity contribution is -0.143. The van der Waals surface area contributed by atoms with Gasteiger partial charge in [-0.3, -0.25) is 9.59 Å². The molecule has 1 atom stereocenters. The Hall–Kier alpha value is -2.82. The van der Waals surface area contributed by atoms with Crippen LogP contribution >= 0.6 is 0 Å². The largest absolute Gasteiger partial charge is 0.466 e. The molecule has 1 amide bonds. The number of hydrogen-bond donors (Lipinski definition) is 0. The first-order chi connectivity index (χ1) is 15.0. The molecule has 3 rings (SSSR count). The first kappa shape index (κ1) is 22.9. The summed E-state index contributed by atoms with van der Waals surface area (Å²) < 4.78 is 5.00. The van der Waals surface area contributed by atoms with E-state index in [0.717, 1.165) is 36.9 Å². The van der Waals surface area contributed by atoms with Crippen molar-refractivity contribution in [1.29, 1.82) is 0 Å². The van der Waals surface area contributed by atoms with Crippen molar-refractivity contribution in [3.8, 4) is 0 Å². The number of hydrogen-bond acceptors (Lipinski definition) is 4. The number of ether oxygens (including phenoxy) is 1. The van der Waals surface area contributed by atoms with Crippen LogP contribution in [0.2, 0.25) is 0 Å². The zero-order valence-electron chi connectivity index (χ0n) is 19.0. The van der Waals surface area contributed by atoms with Crippen LogP contribution in [-0.4, -0.2) is 37.5 Å². The summed E-state index contributed by atoms with van der Waals surface area (Å²) in [4.78, 5) is 29.1. The zero-order chi connectivity index (χ0) is 22.2. The molecule has 2 aromatic carbocycles. The smallest absolute Gasteiger partial charge is 0.305 e. The highest BCUT2D eigenvalue weighted by atomic mass is 16.5. The van der Waals surface area contributed by atoms with Crippen molar-refractivity contribution in [2.24, 2.45) is 0 Å². The normalized spacial score (nSPS) is 13.6. The molecule has 1 aliphatic heterocycles. The molecule has 1 heterocycles. The molecule has 0 N–H and O–H groups in total. The van der Waals surface area contributed by atoms with Crippen molar-refractivity contribution in [3.63, 3.8) is 0 Å². The molecule has 0 aliphatic carbocycles. The van der Waals surface area contributed by atoms with Crippen molar-refractivity contribution in [1.82, 2.24) is 4.90 Å². The molecular formula is C26H34N2O3. The number of nitrogens with zero attached hydrogens (tertiary/aromatic N) is 2. The van der Waals surface area contributed by atoms with E-state index >= 15 is 0 Å².